The highest BCUT2D eigenvalue weighted by Gasteiger charge is 2.10. The largest absolute Gasteiger partial charge is 0.491 e. The molecule has 4 N–H and O–H groups in total. The van der Waals surface area contributed by atoms with Crippen molar-refractivity contribution in [3.63, 3.8) is 0 Å². The predicted octanol–water partition coefficient (Wildman–Crippen LogP) is 1.30. The van der Waals surface area contributed by atoms with Gasteiger partial charge in [-0.25, -0.2) is 0 Å². The zero-order valence-corrected chi connectivity index (χ0v) is 9.83. The van der Waals surface area contributed by atoms with Gasteiger partial charge < -0.3 is 16.2 Å². The zero-order valence-electron chi connectivity index (χ0n) is 9.07. The molecule has 1 rings (SSSR count). The lowest BCUT2D eigenvalue weighted by Gasteiger charge is -2.11. The van der Waals surface area contributed by atoms with E-state index in [0.717, 1.165) is 5.56 Å². The van der Waals surface area contributed by atoms with Gasteiger partial charge in [0.05, 0.1) is 17.5 Å². The van der Waals surface area contributed by atoms with Gasteiger partial charge in [0.2, 0.25) is 5.91 Å². The van der Waals surface area contributed by atoms with E-state index in [4.69, 9.17) is 27.8 Å². The van der Waals surface area contributed by atoms with Crippen LogP contribution in [0, 0.1) is 5.92 Å². The van der Waals surface area contributed by atoms with Crippen molar-refractivity contribution in [2.45, 2.75) is 13.5 Å². The molecule has 5 heteroatoms. The highest BCUT2D eigenvalue weighted by molar-refractivity contribution is 6.32. The van der Waals surface area contributed by atoms with E-state index >= 15 is 0 Å². The first-order valence-corrected chi connectivity index (χ1v) is 5.33. The smallest absolute Gasteiger partial charge is 0.223 e. The molecule has 4 nitrogen and oxygen atoms in total. The monoisotopic (exact) mass is 242 g/mol. The minimum atomic E-state index is -0.394. The van der Waals surface area contributed by atoms with Crippen molar-refractivity contribution in [2.24, 2.45) is 17.4 Å². The van der Waals surface area contributed by atoms with E-state index in [1.165, 1.54) is 0 Å². The van der Waals surface area contributed by atoms with Crippen molar-refractivity contribution in [3.05, 3.63) is 28.8 Å². The number of carbonyl (C=O) groups excluding carboxylic acids is 1. The van der Waals surface area contributed by atoms with Gasteiger partial charge in [0.15, 0.2) is 0 Å². The molecule has 0 bridgehead atoms. The van der Waals surface area contributed by atoms with Gasteiger partial charge in [0.1, 0.15) is 5.75 Å². The molecule has 0 saturated carbocycles. The summed E-state index contributed by atoms with van der Waals surface area (Å²) in [6.07, 6.45) is 0. The predicted molar refractivity (Wildman–Crippen MR) is 63.2 cm³/mol. The maximum atomic E-state index is 10.8. The minimum absolute atomic E-state index is 0.219. The number of halogens is 1. The molecule has 0 radical (unpaired) electrons. The van der Waals surface area contributed by atoms with E-state index in [-0.39, 0.29) is 12.5 Å². The highest BCUT2D eigenvalue weighted by Crippen LogP contribution is 2.25. The number of benzene rings is 1. The molecule has 16 heavy (non-hydrogen) atoms. The molecule has 0 aliphatic rings. The summed E-state index contributed by atoms with van der Waals surface area (Å²) in [4.78, 5) is 10.8. The van der Waals surface area contributed by atoms with Gasteiger partial charge in [-0.05, 0) is 17.7 Å². The van der Waals surface area contributed by atoms with E-state index < -0.39 is 5.91 Å². The van der Waals surface area contributed by atoms with Crippen LogP contribution in [0.2, 0.25) is 5.02 Å². The number of rotatable bonds is 5. The van der Waals surface area contributed by atoms with E-state index in [1.807, 2.05) is 6.07 Å². The minimum Gasteiger partial charge on any atom is -0.491 e. The molecular weight excluding hydrogens is 228 g/mol. The quantitative estimate of drug-likeness (QED) is 0.817. The summed E-state index contributed by atoms with van der Waals surface area (Å²) in [6.45, 7) is 2.35. The van der Waals surface area contributed by atoms with Crippen LogP contribution in [-0.2, 0) is 11.3 Å². The first-order chi connectivity index (χ1) is 7.54. The Bertz CT molecular complexity index is 382. The van der Waals surface area contributed by atoms with Gasteiger partial charge in [0, 0.05) is 6.54 Å². The third kappa shape index (κ3) is 3.40. The SMILES string of the molecule is CC(COc1ccc(CN)cc1Cl)C(N)=O. The Labute approximate surface area is 99.5 Å². The first-order valence-electron chi connectivity index (χ1n) is 4.95. The van der Waals surface area contributed by atoms with Crippen LogP contribution in [-0.4, -0.2) is 12.5 Å². The molecule has 88 valence electrons. The number of hydrogen-bond donors (Lipinski definition) is 2. The second kappa shape index (κ2) is 5.72. The maximum Gasteiger partial charge on any atom is 0.223 e. The fourth-order valence-corrected chi connectivity index (χ4v) is 1.34. The molecule has 1 aromatic carbocycles. The van der Waals surface area contributed by atoms with Gasteiger partial charge in [-0.1, -0.05) is 24.6 Å². The molecule has 0 aromatic heterocycles. The van der Waals surface area contributed by atoms with Crippen LogP contribution >= 0.6 is 11.6 Å². The summed E-state index contributed by atoms with van der Waals surface area (Å²) < 4.78 is 5.39. The standard InChI is InChI=1S/C11H15ClN2O2/c1-7(11(14)15)6-16-10-3-2-8(5-13)4-9(10)12/h2-4,7H,5-6,13H2,1H3,(H2,14,15). The van der Waals surface area contributed by atoms with Crippen LogP contribution in [0.25, 0.3) is 0 Å². The lowest BCUT2D eigenvalue weighted by atomic mass is 10.2. The molecule has 1 amide bonds. The summed E-state index contributed by atoms with van der Waals surface area (Å²) in [7, 11) is 0. The van der Waals surface area contributed by atoms with E-state index in [1.54, 1.807) is 19.1 Å². The van der Waals surface area contributed by atoms with Crippen LogP contribution in [0.15, 0.2) is 18.2 Å². The van der Waals surface area contributed by atoms with Gasteiger partial charge in [-0.15, -0.1) is 0 Å². The summed E-state index contributed by atoms with van der Waals surface area (Å²) in [5.74, 6) is -0.202. The van der Waals surface area contributed by atoms with Crippen molar-refractivity contribution in [1.29, 1.82) is 0 Å². The average molecular weight is 243 g/mol. The Hall–Kier alpha value is -1.26. The van der Waals surface area contributed by atoms with Crippen LogP contribution in [0.1, 0.15) is 12.5 Å². The Kier molecular flexibility index (Phi) is 4.58. The molecule has 0 spiro atoms. The van der Waals surface area contributed by atoms with Crippen LogP contribution in [0.3, 0.4) is 0 Å². The van der Waals surface area contributed by atoms with Crippen molar-refractivity contribution < 1.29 is 9.53 Å². The van der Waals surface area contributed by atoms with E-state index in [2.05, 4.69) is 0 Å². The second-order valence-corrected chi connectivity index (χ2v) is 3.99. The molecule has 0 aliphatic carbocycles. The second-order valence-electron chi connectivity index (χ2n) is 3.58. The number of nitrogens with two attached hydrogens (primary N) is 2. The summed E-state index contributed by atoms with van der Waals surface area (Å²) in [5.41, 5.74) is 11.5. The average Bonchev–Trinajstić information content (AvgIpc) is 2.26. The van der Waals surface area contributed by atoms with Gasteiger partial charge >= 0.3 is 0 Å². The topological polar surface area (TPSA) is 78.3 Å². The molecule has 0 aliphatic heterocycles. The van der Waals surface area contributed by atoms with E-state index in [0.29, 0.717) is 17.3 Å². The first kappa shape index (κ1) is 12.8. The van der Waals surface area contributed by atoms with Crippen LogP contribution in [0.4, 0.5) is 0 Å². The van der Waals surface area contributed by atoms with Gasteiger partial charge in [0.25, 0.3) is 0 Å². The number of amides is 1. The number of primary amides is 1. The Morgan fingerprint density at radius 3 is 2.75 bits per heavy atom. The Morgan fingerprint density at radius 2 is 2.25 bits per heavy atom. The lowest BCUT2D eigenvalue weighted by Crippen LogP contribution is -2.25. The van der Waals surface area contributed by atoms with Gasteiger partial charge in [-0.3, -0.25) is 4.79 Å². The van der Waals surface area contributed by atoms with Crippen LogP contribution in [0.5, 0.6) is 5.75 Å². The molecule has 1 unspecified atom stereocenters. The lowest BCUT2D eigenvalue weighted by molar-refractivity contribution is -0.122. The van der Waals surface area contributed by atoms with Crippen molar-refractivity contribution >= 4 is 17.5 Å². The number of carbonyl (C=O) groups is 1. The molecule has 0 saturated heterocycles. The Morgan fingerprint density at radius 1 is 1.56 bits per heavy atom. The molecule has 0 heterocycles. The fraction of sp³-hybridized carbons (Fsp3) is 0.364. The number of hydrogen-bond acceptors (Lipinski definition) is 3. The maximum absolute atomic E-state index is 10.8. The number of ether oxygens (including phenoxy) is 1. The Balaban J connectivity index is 2.64. The molecule has 1 atom stereocenters. The highest BCUT2D eigenvalue weighted by atomic mass is 35.5. The van der Waals surface area contributed by atoms with Crippen molar-refractivity contribution in [3.8, 4) is 5.75 Å². The van der Waals surface area contributed by atoms with E-state index in [9.17, 15) is 4.79 Å². The molecule has 1 aromatic rings. The third-order valence-corrected chi connectivity index (χ3v) is 2.50. The summed E-state index contributed by atoms with van der Waals surface area (Å²) in [5, 5.41) is 0.486. The normalized spacial score (nSPS) is 12.2. The zero-order chi connectivity index (χ0) is 12.1. The fourth-order valence-electron chi connectivity index (χ4n) is 1.09. The molecule has 0 fully saturated rings. The van der Waals surface area contributed by atoms with Crippen molar-refractivity contribution in [1.82, 2.24) is 0 Å². The molecular formula is C11H15ClN2O2. The van der Waals surface area contributed by atoms with Gasteiger partial charge in [-0.2, -0.15) is 0 Å². The summed E-state index contributed by atoms with van der Waals surface area (Å²) >= 11 is 5.97. The summed E-state index contributed by atoms with van der Waals surface area (Å²) in [6, 6.07) is 5.31. The van der Waals surface area contributed by atoms with Crippen molar-refractivity contribution in [2.75, 3.05) is 6.61 Å². The van der Waals surface area contributed by atoms with Crippen LogP contribution < -0.4 is 16.2 Å². The third-order valence-electron chi connectivity index (χ3n) is 2.21.